The van der Waals surface area contributed by atoms with E-state index >= 15 is 0 Å². The van der Waals surface area contributed by atoms with E-state index in [0.29, 0.717) is 28.6 Å². The maximum atomic E-state index is 13.6. The molecule has 2 fully saturated rings. The van der Waals surface area contributed by atoms with Gasteiger partial charge >= 0.3 is 0 Å². The van der Waals surface area contributed by atoms with E-state index in [9.17, 15) is 9.59 Å². The fourth-order valence-electron chi connectivity index (χ4n) is 5.56. The second-order valence-electron chi connectivity index (χ2n) is 8.22. The van der Waals surface area contributed by atoms with Gasteiger partial charge in [-0.1, -0.05) is 29.8 Å². The van der Waals surface area contributed by atoms with Crippen molar-refractivity contribution in [3.63, 3.8) is 0 Å². The van der Waals surface area contributed by atoms with E-state index in [4.69, 9.17) is 21.1 Å². The van der Waals surface area contributed by atoms with Gasteiger partial charge in [-0.3, -0.25) is 14.5 Å². The zero-order valence-corrected chi connectivity index (χ0v) is 18.2. The molecule has 2 N–H and O–H groups in total. The van der Waals surface area contributed by atoms with Crippen LogP contribution in [-0.2, 0) is 15.1 Å². The van der Waals surface area contributed by atoms with E-state index < -0.39 is 11.5 Å². The minimum atomic E-state index is -0.995. The highest BCUT2D eigenvalue weighted by molar-refractivity contribution is 6.32. The third-order valence-electron chi connectivity index (χ3n) is 6.82. The van der Waals surface area contributed by atoms with Gasteiger partial charge in [-0.25, -0.2) is 0 Å². The van der Waals surface area contributed by atoms with E-state index in [0.717, 1.165) is 30.6 Å². The van der Waals surface area contributed by atoms with Gasteiger partial charge in [0.1, 0.15) is 17.0 Å². The van der Waals surface area contributed by atoms with Crippen molar-refractivity contribution in [1.82, 2.24) is 4.90 Å². The number of methoxy groups -OCH3 is 2. The molecule has 3 atom stereocenters. The number of carbonyl (C=O) groups excluding carboxylic acids is 2. The Hall–Kier alpha value is -2.77. The van der Waals surface area contributed by atoms with Crippen LogP contribution in [0.25, 0.3) is 0 Å². The smallest absolute Gasteiger partial charge is 0.250 e. The number of para-hydroxylation sites is 1. The zero-order chi connectivity index (χ0) is 21.8. The van der Waals surface area contributed by atoms with E-state index in [2.05, 4.69) is 15.5 Å². The standard InChI is InChI=1S/C23H24ClN3O4/c1-30-19-12-20(31-2)18(11-16(19)24)25-21(28)15-10-13-6-5-9-27(13)23(15)14-7-3-4-8-17(14)26-22(23)29/h3-4,7-8,11-13,15H,5-6,9-10H2,1-2H3,(H,25,28)(H,26,29). The number of benzene rings is 2. The maximum absolute atomic E-state index is 13.6. The molecule has 0 aliphatic carbocycles. The Bertz CT molecular complexity index is 1070. The summed E-state index contributed by atoms with van der Waals surface area (Å²) in [6.45, 7) is 0.799. The minimum Gasteiger partial charge on any atom is -0.495 e. The molecule has 2 saturated heterocycles. The number of hydrogen-bond donors (Lipinski definition) is 2. The first-order valence-electron chi connectivity index (χ1n) is 10.4. The largest absolute Gasteiger partial charge is 0.495 e. The summed E-state index contributed by atoms with van der Waals surface area (Å²) < 4.78 is 10.7. The molecule has 0 saturated carbocycles. The van der Waals surface area contributed by atoms with Gasteiger partial charge in [0.2, 0.25) is 11.8 Å². The van der Waals surface area contributed by atoms with Gasteiger partial charge < -0.3 is 20.1 Å². The number of hydrogen-bond acceptors (Lipinski definition) is 5. The molecule has 2 amide bonds. The summed E-state index contributed by atoms with van der Waals surface area (Å²) in [5.74, 6) is 0.0165. The normalized spacial score (nSPS) is 26.5. The van der Waals surface area contributed by atoms with Crippen molar-refractivity contribution < 1.29 is 19.1 Å². The molecule has 2 aromatic carbocycles. The predicted octanol–water partition coefficient (Wildman–Crippen LogP) is 3.63. The van der Waals surface area contributed by atoms with Crippen molar-refractivity contribution in [2.75, 3.05) is 31.4 Å². The lowest BCUT2D eigenvalue weighted by Gasteiger charge is -2.36. The van der Waals surface area contributed by atoms with Crippen LogP contribution >= 0.6 is 11.6 Å². The van der Waals surface area contributed by atoms with Gasteiger partial charge in [0, 0.05) is 23.4 Å². The van der Waals surface area contributed by atoms with Crippen LogP contribution in [0.5, 0.6) is 11.5 Å². The predicted molar refractivity (Wildman–Crippen MR) is 118 cm³/mol. The van der Waals surface area contributed by atoms with Gasteiger partial charge in [0.25, 0.3) is 0 Å². The molecule has 3 aliphatic rings. The number of halogens is 1. The van der Waals surface area contributed by atoms with Crippen molar-refractivity contribution >= 4 is 34.8 Å². The number of amides is 2. The lowest BCUT2D eigenvalue weighted by molar-refractivity contribution is -0.135. The highest BCUT2D eigenvalue weighted by Gasteiger charge is 2.65. The molecule has 0 aromatic heterocycles. The Morgan fingerprint density at radius 3 is 2.77 bits per heavy atom. The number of fused-ring (bicyclic) bond motifs is 4. The van der Waals surface area contributed by atoms with Crippen LogP contribution < -0.4 is 20.1 Å². The number of anilines is 2. The number of nitrogens with one attached hydrogen (secondary N) is 2. The van der Waals surface area contributed by atoms with Gasteiger partial charge in [0.05, 0.1) is 30.8 Å². The number of carbonyl (C=O) groups is 2. The van der Waals surface area contributed by atoms with Crippen LogP contribution in [0, 0.1) is 5.92 Å². The molecule has 7 nitrogen and oxygen atoms in total. The number of rotatable bonds is 4. The van der Waals surface area contributed by atoms with E-state index in [-0.39, 0.29) is 17.9 Å². The number of nitrogens with zero attached hydrogens (tertiary/aromatic N) is 1. The van der Waals surface area contributed by atoms with Crippen molar-refractivity contribution in [2.24, 2.45) is 5.92 Å². The molecule has 3 unspecified atom stereocenters. The Balaban J connectivity index is 1.55. The van der Waals surface area contributed by atoms with Crippen LogP contribution in [0.4, 0.5) is 11.4 Å². The second kappa shape index (κ2) is 7.43. The van der Waals surface area contributed by atoms with Crippen LogP contribution in [0.2, 0.25) is 5.02 Å². The van der Waals surface area contributed by atoms with E-state index in [1.807, 2.05) is 24.3 Å². The van der Waals surface area contributed by atoms with Crippen LogP contribution in [0.3, 0.4) is 0 Å². The van der Waals surface area contributed by atoms with Crippen LogP contribution in [0.1, 0.15) is 24.8 Å². The zero-order valence-electron chi connectivity index (χ0n) is 17.4. The lowest BCUT2D eigenvalue weighted by atomic mass is 9.78. The molecule has 5 rings (SSSR count). The van der Waals surface area contributed by atoms with Crippen molar-refractivity contribution in [3.05, 3.63) is 47.0 Å². The lowest BCUT2D eigenvalue weighted by Crippen LogP contribution is -2.53. The average Bonchev–Trinajstić information content (AvgIpc) is 3.42. The monoisotopic (exact) mass is 441 g/mol. The Morgan fingerprint density at radius 1 is 1.23 bits per heavy atom. The quantitative estimate of drug-likeness (QED) is 0.757. The molecule has 1 spiro atoms. The topological polar surface area (TPSA) is 79.9 Å². The highest BCUT2D eigenvalue weighted by atomic mass is 35.5. The Labute approximate surface area is 185 Å². The minimum absolute atomic E-state index is 0.127. The van der Waals surface area contributed by atoms with Crippen molar-refractivity contribution in [2.45, 2.75) is 30.8 Å². The first-order chi connectivity index (χ1) is 15.0. The summed E-state index contributed by atoms with van der Waals surface area (Å²) >= 11 is 6.29. The van der Waals surface area contributed by atoms with Crippen LogP contribution in [-0.4, -0.2) is 43.5 Å². The molecule has 0 bridgehead atoms. The SMILES string of the molecule is COc1cc(OC)c(NC(=O)C2CC3CCCN3C23C(=O)Nc2ccccc23)cc1Cl. The summed E-state index contributed by atoms with van der Waals surface area (Å²) in [6.07, 6.45) is 2.64. The molecule has 31 heavy (non-hydrogen) atoms. The van der Waals surface area contributed by atoms with Gasteiger partial charge in [-0.2, -0.15) is 0 Å². The molecule has 3 aliphatic heterocycles. The maximum Gasteiger partial charge on any atom is 0.250 e. The van der Waals surface area contributed by atoms with Gasteiger partial charge in [0.15, 0.2) is 0 Å². The molecular formula is C23H24ClN3O4. The molecule has 0 radical (unpaired) electrons. The molecule has 162 valence electrons. The first-order valence-corrected chi connectivity index (χ1v) is 10.8. The van der Waals surface area contributed by atoms with Crippen molar-refractivity contribution in [3.8, 4) is 11.5 Å². The molecule has 3 heterocycles. The molecule has 2 aromatic rings. The average molecular weight is 442 g/mol. The third kappa shape index (κ3) is 2.83. The third-order valence-corrected chi connectivity index (χ3v) is 7.12. The first kappa shape index (κ1) is 20.2. The summed E-state index contributed by atoms with van der Waals surface area (Å²) in [7, 11) is 3.04. The fourth-order valence-corrected chi connectivity index (χ4v) is 5.80. The summed E-state index contributed by atoms with van der Waals surface area (Å²) in [6, 6.07) is 11.1. The van der Waals surface area contributed by atoms with E-state index in [1.54, 1.807) is 12.1 Å². The fraction of sp³-hybridized carbons (Fsp3) is 0.391. The van der Waals surface area contributed by atoms with Gasteiger partial charge in [-0.05, 0) is 37.9 Å². The molecular weight excluding hydrogens is 418 g/mol. The molecule has 8 heteroatoms. The summed E-state index contributed by atoms with van der Waals surface area (Å²) in [4.78, 5) is 29.3. The van der Waals surface area contributed by atoms with Gasteiger partial charge in [-0.15, -0.1) is 0 Å². The highest BCUT2D eigenvalue weighted by Crippen LogP contribution is 2.55. The number of ether oxygens (including phenoxy) is 2. The Morgan fingerprint density at radius 2 is 2.00 bits per heavy atom. The van der Waals surface area contributed by atoms with Crippen molar-refractivity contribution in [1.29, 1.82) is 0 Å². The Kier molecular flexibility index (Phi) is 4.83. The van der Waals surface area contributed by atoms with E-state index in [1.165, 1.54) is 14.2 Å². The summed E-state index contributed by atoms with van der Waals surface area (Å²) in [5, 5.41) is 6.36. The summed E-state index contributed by atoms with van der Waals surface area (Å²) in [5.41, 5.74) is 1.12. The van der Waals surface area contributed by atoms with Crippen LogP contribution in [0.15, 0.2) is 36.4 Å². The second-order valence-corrected chi connectivity index (χ2v) is 8.63.